The number of rotatable bonds is 12. The molecule has 0 aliphatic carbocycles. The lowest BCUT2D eigenvalue weighted by Crippen LogP contribution is -2.53. The van der Waals surface area contributed by atoms with Gasteiger partial charge in [0, 0.05) is 125 Å². The molecule has 36 heteroatoms. The van der Waals surface area contributed by atoms with E-state index in [2.05, 4.69) is 29.8 Å². The molecule has 4 aromatic carbocycles. The van der Waals surface area contributed by atoms with Crippen LogP contribution in [0.5, 0.6) is 0 Å². The van der Waals surface area contributed by atoms with Gasteiger partial charge in [0.25, 0.3) is 0 Å². The van der Waals surface area contributed by atoms with Gasteiger partial charge < -0.3 is 39.2 Å². The van der Waals surface area contributed by atoms with Crippen molar-refractivity contribution >= 4 is 86.4 Å². The lowest BCUT2D eigenvalue weighted by atomic mass is 9.96. The van der Waals surface area contributed by atoms with Crippen molar-refractivity contribution < 1.29 is 83.6 Å². The van der Waals surface area contributed by atoms with Crippen LogP contribution in [-0.4, -0.2) is 226 Å². The Hall–Kier alpha value is -10.2. The molecule has 634 valence electrons. The Kier molecular flexibility index (Phi) is 27.7. The lowest BCUT2D eigenvalue weighted by Gasteiger charge is -2.43. The first-order valence-corrected chi connectivity index (χ1v) is 46.9. The van der Waals surface area contributed by atoms with Gasteiger partial charge in [0.1, 0.15) is 91.7 Å². The molecule has 8 saturated heterocycles. The fourth-order valence-corrected chi connectivity index (χ4v) is 22.6. The van der Waals surface area contributed by atoms with Gasteiger partial charge in [-0.25, -0.2) is 89.3 Å². The Morgan fingerprint density at radius 2 is 0.571 bits per heavy atom. The van der Waals surface area contributed by atoms with Crippen LogP contribution in [0.2, 0.25) is 0 Å². The molecule has 4 amide bonds. The van der Waals surface area contributed by atoms with E-state index >= 15 is 0 Å². The van der Waals surface area contributed by atoms with Crippen LogP contribution in [0, 0.1) is 64.4 Å². The van der Waals surface area contributed by atoms with Gasteiger partial charge in [-0.05, 0) is 124 Å². The zero-order valence-corrected chi connectivity index (χ0v) is 68.3. The molecular formula is C83H92F7N13O12S4. The van der Waals surface area contributed by atoms with Crippen LogP contribution in [-0.2, 0) is 58.5 Å². The van der Waals surface area contributed by atoms with Gasteiger partial charge >= 0.3 is 0 Å². The molecule has 0 radical (unpaired) electrons. The Morgan fingerprint density at radius 1 is 0.286 bits per heavy atom. The van der Waals surface area contributed by atoms with Crippen LogP contribution in [0.3, 0.4) is 0 Å². The molecule has 0 saturated carbocycles. The number of hydrogen-bond donors (Lipinski definition) is 0. The Morgan fingerprint density at radius 3 is 0.891 bits per heavy atom. The molecule has 8 aromatic rings. The van der Waals surface area contributed by atoms with Crippen molar-refractivity contribution in [3.8, 4) is 0 Å². The maximum Gasteiger partial charge on any atom is 0.226 e. The predicted molar refractivity (Wildman–Crippen MR) is 432 cm³/mol. The summed E-state index contributed by atoms with van der Waals surface area (Å²) in [6.45, 7) is 4.96. The first-order valence-electron chi connectivity index (χ1n) is 39.6. The zero-order valence-electron chi connectivity index (χ0n) is 65.1. The fraction of sp³-hybridized carbons (Fsp3) is 0.434. The van der Waals surface area contributed by atoms with Gasteiger partial charge in [-0.3, -0.25) is 19.2 Å². The molecule has 4 atom stereocenters. The number of carbonyl (C=O) groups is 4. The second kappa shape index (κ2) is 38.0. The number of amides is 4. The molecule has 8 fully saturated rings. The summed E-state index contributed by atoms with van der Waals surface area (Å²) in [6.07, 6.45) is 8.64. The minimum Gasteiger partial charge on any atom is -0.352 e. The molecule has 0 spiro atoms. The minimum atomic E-state index is -3.09. The molecular weight excluding hydrogens is 1630 g/mol. The number of nitrogens with zero attached hydrogens (tertiary/aromatic N) is 13. The summed E-state index contributed by atoms with van der Waals surface area (Å²) in [5.74, 6) is -2.35. The number of pyridine rings is 3. The van der Waals surface area contributed by atoms with Crippen molar-refractivity contribution in [1.82, 2.24) is 44.5 Å². The third-order valence-corrected chi connectivity index (χ3v) is 30.1. The molecule has 16 rings (SSSR count). The van der Waals surface area contributed by atoms with Crippen LogP contribution in [0.4, 0.5) is 54.1 Å². The number of aromatic nitrogens is 5. The molecule has 8 aliphatic heterocycles. The van der Waals surface area contributed by atoms with Gasteiger partial charge in [0.2, 0.25) is 29.6 Å². The highest BCUT2D eigenvalue weighted by atomic mass is 32.2. The SMILES string of the molecule is O=C(C1CCS(=O)(=O)CC1)N1CCN(c2ccc(F)cn2)CC1c1ccc(F)cc1.O=C(C1CCS(=O)(=O)CC1)N1CCN(c2ccc(F)cn2)CC1c1ccccc1F.O=C(C1CCS(=O)(=O)CC1)N1CCN(c2ccccn2)CC1c1ccccc1F.O=C(C1CCS(=O)(=O)CC1)N1CCN(c2ncc(F)cn2)CC1c1ccccc1F. The molecule has 25 nitrogen and oxygen atoms in total. The van der Waals surface area contributed by atoms with Gasteiger partial charge in [-0.15, -0.1) is 0 Å². The molecule has 4 aromatic heterocycles. The van der Waals surface area contributed by atoms with E-state index in [9.17, 15) is 83.6 Å². The van der Waals surface area contributed by atoms with Crippen LogP contribution in [0.25, 0.3) is 0 Å². The second-order valence-corrected chi connectivity index (χ2v) is 40.1. The van der Waals surface area contributed by atoms with E-state index in [-0.39, 0.29) is 124 Å². The highest BCUT2D eigenvalue weighted by Crippen LogP contribution is 2.39. The van der Waals surface area contributed by atoms with Gasteiger partial charge in [0.05, 0.1) is 95.0 Å². The van der Waals surface area contributed by atoms with E-state index in [1.165, 1.54) is 42.5 Å². The Balaban J connectivity index is 0.000000137. The summed E-state index contributed by atoms with van der Waals surface area (Å²) in [4.78, 5) is 88.3. The van der Waals surface area contributed by atoms with Crippen LogP contribution in [0.15, 0.2) is 171 Å². The average Bonchev–Trinajstić information content (AvgIpc) is 0.799. The summed E-state index contributed by atoms with van der Waals surface area (Å²) in [7, 11) is -12.3. The number of benzene rings is 4. The molecule has 0 N–H and O–H groups in total. The van der Waals surface area contributed by atoms with Crippen molar-refractivity contribution in [3.05, 3.63) is 233 Å². The van der Waals surface area contributed by atoms with Crippen LogP contribution < -0.4 is 19.6 Å². The Bertz CT molecular complexity index is 5160. The number of anilines is 4. The average molecular weight is 1720 g/mol. The topological polar surface area (TPSA) is 295 Å². The molecule has 4 unspecified atom stereocenters. The van der Waals surface area contributed by atoms with E-state index in [0.29, 0.717) is 145 Å². The van der Waals surface area contributed by atoms with Crippen molar-refractivity contribution in [1.29, 1.82) is 0 Å². The summed E-state index contributed by atoms with van der Waals surface area (Å²) in [5, 5.41) is 0. The molecule has 12 heterocycles. The lowest BCUT2D eigenvalue weighted by molar-refractivity contribution is -0.139. The highest BCUT2D eigenvalue weighted by molar-refractivity contribution is 7.92. The first kappa shape index (κ1) is 86.6. The standard InChI is InChI=1S/2C21H23F2N3O3S.C21H24FN3O3S.C20H22F2N4O3S/c22-17-3-1-15(2-4-17)19-14-25(20-6-5-18(23)13-24-20)9-10-26(19)21(27)16-7-11-30(28,29)12-8-16;22-16-5-6-20(24-13-16)25-9-10-26(19(14-25)17-3-1-2-4-18(17)23)21(27)15-7-11-30(28,29)12-8-15;22-18-6-2-1-5-17(18)19-15-24(20-7-3-4-10-23-20)11-12-25(19)21(26)16-8-13-29(27,28)14-9-16;21-15-11-23-20(24-12-15)25-7-8-26(18(13-25)16-3-1-2-4-17(16)22)19(27)14-5-9-30(28,29)10-6-14/h1-6,13,16,19H,7-12,14H2;1-6,13,15,19H,7-12,14H2;1-7,10,16,19H,8-9,11-15H2;1-4,11-12,14,18H,5-10,13H2. The van der Waals surface area contributed by atoms with Crippen LogP contribution in [0.1, 0.15) is 97.8 Å². The highest BCUT2D eigenvalue weighted by Gasteiger charge is 2.44. The number of hydrogen-bond acceptors (Lipinski definition) is 21. The van der Waals surface area contributed by atoms with E-state index in [0.717, 1.165) is 36.2 Å². The summed E-state index contributed by atoms with van der Waals surface area (Å²) >= 11 is 0. The molecule has 0 bridgehead atoms. The van der Waals surface area contributed by atoms with Crippen molar-refractivity contribution in [2.24, 2.45) is 23.7 Å². The van der Waals surface area contributed by atoms with Crippen LogP contribution >= 0.6 is 0 Å². The van der Waals surface area contributed by atoms with E-state index in [1.54, 1.807) is 110 Å². The predicted octanol–water partition coefficient (Wildman–Crippen LogP) is 9.55. The quantitative estimate of drug-likeness (QED) is 0.103. The third-order valence-electron chi connectivity index (χ3n) is 23.3. The maximum absolute atomic E-state index is 14.6. The minimum absolute atomic E-state index is 0.00282. The van der Waals surface area contributed by atoms with Gasteiger partial charge in [-0.2, -0.15) is 0 Å². The van der Waals surface area contributed by atoms with E-state index in [4.69, 9.17) is 0 Å². The van der Waals surface area contributed by atoms with Crippen molar-refractivity contribution in [3.63, 3.8) is 0 Å². The number of halogens is 7. The number of carbonyl (C=O) groups excluding carboxylic acids is 4. The van der Waals surface area contributed by atoms with E-state index in [1.807, 2.05) is 28.0 Å². The molecule has 119 heavy (non-hydrogen) atoms. The summed E-state index contributed by atoms with van der Waals surface area (Å²) < 4.78 is 191. The summed E-state index contributed by atoms with van der Waals surface area (Å²) in [5.41, 5.74) is 2.05. The van der Waals surface area contributed by atoms with E-state index < -0.39 is 92.5 Å². The van der Waals surface area contributed by atoms with Crippen molar-refractivity contribution in [2.75, 3.05) is 144 Å². The van der Waals surface area contributed by atoms with Crippen molar-refractivity contribution in [2.45, 2.75) is 75.5 Å². The normalized spacial score (nSPS) is 22.2. The second-order valence-electron chi connectivity index (χ2n) is 30.9. The largest absolute Gasteiger partial charge is 0.352 e. The molecule has 8 aliphatic rings. The number of sulfone groups is 4. The zero-order chi connectivity index (χ0) is 84.3. The smallest absolute Gasteiger partial charge is 0.226 e. The number of piperazine rings is 4. The monoisotopic (exact) mass is 1720 g/mol. The van der Waals surface area contributed by atoms with Gasteiger partial charge in [0.15, 0.2) is 5.82 Å². The fourth-order valence-electron chi connectivity index (χ4n) is 16.6. The van der Waals surface area contributed by atoms with Gasteiger partial charge in [-0.1, -0.05) is 72.8 Å². The first-order chi connectivity index (χ1) is 56.9. The summed E-state index contributed by atoms with van der Waals surface area (Å²) in [6, 6.07) is 34.8. The maximum atomic E-state index is 14.6. The Labute approximate surface area is 687 Å². The third kappa shape index (κ3) is 21.9.